The maximum atomic E-state index is 2.54. The lowest BCUT2D eigenvalue weighted by molar-refractivity contribution is 1.68. The molecule has 0 heteroatoms. The zero-order valence-corrected chi connectivity index (χ0v) is 33.5. The molecule has 0 N–H and O–H groups in total. The van der Waals surface area contributed by atoms with Crippen molar-refractivity contribution >= 4 is 118 Å². The fourth-order valence-corrected chi connectivity index (χ4v) is 12.6. The Bertz CT molecular complexity index is 4360. The molecule has 0 radical (unpaired) electrons. The van der Waals surface area contributed by atoms with E-state index in [0.29, 0.717) is 0 Å². The van der Waals surface area contributed by atoms with Gasteiger partial charge >= 0.3 is 0 Å². The van der Waals surface area contributed by atoms with E-state index in [-0.39, 0.29) is 0 Å². The molecule has 0 aromatic heterocycles. The predicted octanol–water partition coefficient (Wildman–Crippen LogP) is 17.7. The van der Waals surface area contributed by atoms with Crippen LogP contribution in [-0.4, -0.2) is 0 Å². The summed E-state index contributed by atoms with van der Waals surface area (Å²) in [4.78, 5) is 0. The highest BCUT2D eigenvalue weighted by molar-refractivity contribution is 6.49. The molecule has 0 amide bonds. The molecule has 0 nitrogen and oxygen atoms in total. The molecule has 62 heavy (non-hydrogen) atoms. The van der Waals surface area contributed by atoms with Gasteiger partial charge in [0.15, 0.2) is 0 Å². The standard InChI is InChI=1S/C62H32/c1-3-12-33(13-4-1)53-52-32-51-38-19-10-9-18-37(38)39-20-11-21-46(55(39)51)60(52)54(34-14-5-2-6-15-34)62-48-29-27-43-41-23-25-45-50-31-36-17-8-7-16-35(36)30-49(50)44-24-22-40(56(41)58(44)45)42-26-28-47(61(53)62)59(48)57(42)43/h1-32H. The molecule has 0 fully saturated rings. The monoisotopic (exact) mass is 776 g/mol. The summed E-state index contributed by atoms with van der Waals surface area (Å²) in [6, 6.07) is 74.0. The summed E-state index contributed by atoms with van der Waals surface area (Å²) in [7, 11) is 0. The van der Waals surface area contributed by atoms with Crippen LogP contribution in [0.3, 0.4) is 0 Å². The number of rotatable bonds is 2. The van der Waals surface area contributed by atoms with Crippen molar-refractivity contribution in [2.24, 2.45) is 0 Å². The Labute approximate surface area is 355 Å². The van der Waals surface area contributed by atoms with E-state index < -0.39 is 0 Å². The third-order valence-corrected chi connectivity index (χ3v) is 15.0. The molecule has 0 saturated heterocycles. The van der Waals surface area contributed by atoms with E-state index in [0.717, 1.165) is 0 Å². The van der Waals surface area contributed by atoms with Crippen LogP contribution in [0.2, 0.25) is 0 Å². The van der Waals surface area contributed by atoms with E-state index in [4.69, 9.17) is 0 Å². The van der Waals surface area contributed by atoms with E-state index in [9.17, 15) is 0 Å². The summed E-state index contributed by atoms with van der Waals surface area (Å²) in [6.07, 6.45) is 0. The number of hydrogen-bond acceptors (Lipinski definition) is 0. The quantitative estimate of drug-likeness (QED) is 0.121. The molecular formula is C62H32. The van der Waals surface area contributed by atoms with E-state index in [1.807, 2.05) is 0 Å². The first kappa shape index (κ1) is 31.8. The zero-order valence-electron chi connectivity index (χ0n) is 33.5. The van der Waals surface area contributed by atoms with E-state index >= 15 is 0 Å². The molecule has 15 aromatic rings. The molecule has 15 aromatic carbocycles. The Morgan fingerprint density at radius 1 is 0.177 bits per heavy atom. The van der Waals surface area contributed by atoms with Gasteiger partial charge in [-0.3, -0.25) is 0 Å². The molecule has 1 aliphatic rings. The van der Waals surface area contributed by atoms with Crippen LogP contribution in [0.1, 0.15) is 0 Å². The Morgan fingerprint density at radius 2 is 0.597 bits per heavy atom. The van der Waals surface area contributed by atoms with E-state index in [1.165, 1.54) is 163 Å². The third kappa shape index (κ3) is 3.66. The van der Waals surface area contributed by atoms with Gasteiger partial charge < -0.3 is 0 Å². The van der Waals surface area contributed by atoms with Crippen LogP contribution in [0.25, 0.3) is 163 Å². The Hall–Kier alpha value is -8.06. The second-order valence-corrected chi connectivity index (χ2v) is 17.7. The zero-order chi connectivity index (χ0) is 39.9. The second-order valence-electron chi connectivity index (χ2n) is 17.7. The van der Waals surface area contributed by atoms with Crippen molar-refractivity contribution in [3.8, 4) is 44.5 Å². The lowest BCUT2D eigenvalue weighted by Crippen LogP contribution is -1.91. The minimum Gasteiger partial charge on any atom is -0.0622 e. The summed E-state index contributed by atoms with van der Waals surface area (Å²) < 4.78 is 0. The summed E-state index contributed by atoms with van der Waals surface area (Å²) in [5.74, 6) is 0. The molecule has 0 heterocycles. The van der Waals surface area contributed by atoms with Crippen molar-refractivity contribution in [1.29, 1.82) is 0 Å². The van der Waals surface area contributed by atoms with Gasteiger partial charge in [0, 0.05) is 0 Å². The molecule has 0 saturated carbocycles. The fraction of sp³-hybridized carbons (Fsp3) is 0. The summed E-state index contributed by atoms with van der Waals surface area (Å²) in [5, 5.41) is 29.4. The van der Waals surface area contributed by atoms with Crippen molar-refractivity contribution in [3.05, 3.63) is 194 Å². The fourth-order valence-electron chi connectivity index (χ4n) is 12.6. The summed E-state index contributed by atoms with van der Waals surface area (Å²) in [6.45, 7) is 0. The number of benzene rings is 13. The van der Waals surface area contributed by atoms with Gasteiger partial charge in [-0.15, -0.1) is 0 Å². The molecule has 280 valence electrons. The van der Waals surface area contributed by atoms with E-state index in [1.54, 1.807) is 0 Å². The van der Waals surface area contributed by atoms with Crippen LogP contribution in [0.15, 0.2) is 194 Å². The van der Waals surface area contributed by atoms with Crippen molar-refractivity contribution in [1.82, 2.24) is 0 Å². The minimum absolute atomic E-state index is 1.25. The van der Waals surface area contributed by atoms with E-state index in [2.05, 4.69) is 194 Å². The van der Waals surface area contributed by atoms with Gasteiger partial charge in [-0.1, -0.05) is 176 Å². The lowest BCUT2D eigenvalue weighted by Gasteiger charge is -2.19. The highest BCUT2D eigenvalue weighted by Crippen LogP contribution is 2.58. The van der Waals surface area contributed by atoms with Gasteiger partial charge in [0.25, 0.3) is 0 Å². The van der Waals surface area contributed by atoms with Gasteiger partial charge in [0.1, 0.15) is 0 Å². The lowest BCUT2D eigenvalue weighted by atomic mass is 9.84. The molecule has 1 aliphatic carbocycles. The number of fused-ring (bicyclic) bond motifs is 14. The Kier molecular flexibility index (Phi) is 5.64. The van der Waals surface area contributed by atoms with Crippen LogP contribution < -0.4 is 0 Å². The molecule has 0 bridgehead atoms. The van der Waals surface area contributed by atoms with Crippen molar-refractivity contribution in [2.45, 2.75) is 0 Å². The average Bonchev–Trinajstić information content (AvgIpc) is 3.96. The molecule has 0 spiro atoms. The topological polar surface area (TPSA) is 0 Å². The Balaban J connectivity index is 1.13. The van der Waals surface area contributed by atoms with Crippen LogP contribution in [0.5, 0.6) is 0 Å². The number of hydrogen-bond donors (Lipinski definition) is 0. The SMILES string of the molecule is c1ccc(-c2c3cc4c5ccccc5c5cccc(c3c(-c3ccccc3)c3c6ccc7c8ccc9c%10c(ccc(c%11ccc(c23)c6c%117)c%108)-c2cc3ccccc3cc2-9)c54)cc1. The first-order valence-corrected chi connectivity index (χ1v) is 21.8. The highest BCUT2D eigenvalue weighted by atomic mass is 14.3. The molecular weight excluding hydrogens is 745 g/mol. The van der Waals surface area contributed by atoms with Gasteiger partial charge in [-0.05, 0) is 181 Å². The van der Waals surface area contributed by atoms with Crippen molar-refractivity contribution < 1.29 is 0 Å². The predicted molar refractivity (Wildman–Crippen MR) is 268 cm³/mol. The highest BCUT2D eigenvalue weighted by Gasteiger charge is 2.30. The summed E-state index contributed by atoms with van der Waals surface area (Å²) >= 11 is 0. The summed E-state index contributed by atoms with van der Waals surface area (Å²) in [5.41, 5.74) is 10.5. The largest absolute Gasteiger partial charge is 0.0622 e. The van der Waals surface area contributed by atoms with Crippen LogP contribution in [0.4, 0.5) is 0 Å². The second kappa shape index (κ2) is 11.0. The maximum Gasteiger partial charge on any atom is -0.000718 e. The third-order valence-electron chi connectivity index (χ3n) is 15.0. The maximum absolute atomic E-state index is 2.54. The van der Waals surface area contributed by atoms with Gasteiger partial charge in [-0.2, -0.15) is 0 Å². The van der Waals surface area contributed by atoms with Crippen LogP contribution in [-0.2, 0) is 0 Å². The van der Waals surface area contributed by atoms with Crippen molar-refractivity contribution in [2.75, 3.05) is 0 Å². The normalized spacial score (nSPS) is 12.8. The van der Waals surface area contributed by atoms with Crippen molar-refractivity contribution in [3.63, 3.8) is 0 Å². The smallest absolute Gasteiger partial charge is 0.000718 e. The molecule has 0 aliphatic heterocycles. The average molecular weight is 777 g/mol. The molecule has 0 unspecified atom stereocenters. The van der Waals surface area contributed by atoms with Gasteiger partial charge in [0.05, 0.1) is 0 Å². The molecule has 0 atom stereocenters. The first-order chi connectivity index (χ1) is 30.8. The first-order valence-electron chi connectivity index (χ1n) is 21.8. The Morgan fingerprint density at radius 3 is 1.23 bits per heavy atom. The molecule has 16 rings (SSSR count). The van der Waals surface area contributed by atoms with Gasteiger partial charge in [-0.25, -0.2) is 0 Å². The van der Waals surface area contributed by atoms with Gasteiger partial charge in [0.2, 0.25) is 0 Å². The van der Waals surface area contributed by atoms with Crippen LogP contribution in [0, 0.1) is 0 Å². The van der Waals surface area contributed by atoms with Crippen LogP contribution >= 0.6 is 0 Å². The minimum atomic E-state index is 1.25.